The van der Waals surface area contributed by atoms with Crippen molar-refractivity contribution in [2.45, 2.75) is 46.7 Å². The minimum atomic E-state index is -0.0760. The van der Waals surface area contributed by atoms with Crippen molar-refractivity contribution in [2.75, 3.05) is 18.8 Å². The first-order chi connectivity index (χ1) is 9.73. The van der Waals surface area contributed by atoms with Gasteiger partial charge < -0.3 is 11.1 Å². The number of carbonyl (C=O) groups excluding carboxylic acids is 1. The summed E-state index contributed by atoms with van der Waals surface area (Å²) in [5.41, 5.74) is 7.97. The molecular weight excluding hydrogens is 330 g/mol. The molecule has 0 spiro atoms. The zero-order valence-corrected chi connectivity index (χ0v) is 15.1. The van der Waals surface area contributed by atoms with Crippen LogP contribution in [0, 0.1) is 6.92 Å². The quantitative estimate of drug-likeness (QED) is 0.770. The summed E-state index contributed by atoms with van der Waals surface area (Å²) in [6.07, 6.45) is 0. The Labute approximate surface area is 136 Å². The van der Waals surface area contributed by atoms with Gasteiger partial charge in [0.25, 0.3) is 5.91 Å². The molecule has 3 N–H and O–H groups in total. The molecule has 1 aromatic carbocycles. The number of nitrogens with one attached hydrogen (secondary N) is 1. The highest BCUT2D eigenvalue weighted by atomic mass is 79.9. The van der Waals surface area contributed by atoms with E-state index in [1.807, 2.05) is 19.1 Å². The molecule has 1 rings (SSSR count). The van der Waals surface area contributed by atoms with Crippen LogP contribution in [-0.4, -0.2) is 36.0 Å². The van der Waals surface area contributed by atoms with Crippen LogP contribution in [0.4, 0.5) is 5.69 Å². The molecule has 118 valence electrons. The number of hydrogen-bond donors (Lipinski definition) is 2. The van der Waals surface area contributed by atoms with Crippen molar-refractivity contribution in [3.8, 4) is 0 Å². The normalized spacial score (nSPS) is 11.5. The summed E-state index contributed by atoms with van der Waals surface area (Å²) >= 11 is 3.38. The van der Waals surface area contributed by atoms with E-state index in [9.17, 15) is 4.79 Å². The van der Waals surface area contributed by atoms with Crippen LogP contribution in [0.3, 0.4) is 0 Å². The fourth-order valence-corrected chi connectivity index (χ4v) is 2.92. The van der Waals surface area contributed by atoms with Crippen LogP contribution in [0.5, 0.6) is 0 Å². The third-order valence-corrected chi connectivity index (χ3v) is 4.10. The maximum absolute atomic E-state index is 12.3. The molecule has 0 aromatic heterocycles. The van der Waals surface area contributed by atoms with Gasteiger partial charge in [0.05, 0.1) is 0 Å². The Morgan fingerprint density at radius 1 is 1.29 bits per heavy atom. The second kappa shape index (κ2) is 7.80. The van der Waals surface area contributed by atoms with E-state index in [1.54, 1.807) is 0 Å². The molecule has 0 aliphatic heterocycles. The maximum Gasteiger partial charge on any atom is 0.251 e. The number of carbonyl (C=O) groups is 1. The lowest BCUT2D eigenvalue weighted by Crippen LogP contribution is -2.42. The Hall–Kier alpha value is -1.07. The van der Waals surface area contributed by atoms with E-state index in [1.165, 1.54) is 0 Å². The lowest BCUT2D eigenvalue weighted by molar-refractivity contribution is 0.0939. The second-order valence-electron chi connectivity index (χ2n) is 5.85. The molecule has 0 fully saturated rings. The smallest absolute Gasteiger partial charge is 0.251 e. The van der Waals surface area contributed by atoms with Gasteiger partial charge in [0.15, 0.2) is 0 Å². The SMILES string of the molecule is Cc1c(N)cc(Br)cc1C(=O)NCCN(C(C)C)C(C)C. The maximum atomic E-state index is 12.3. The molecule has 0 radical (unpaired) electrons. The van der Waals surface area contributed by atoms with Crippen molar-refractivity contribution in [1.82, 2.24) is 10.2 Å². The van der Waals surface area contributed by atoms with Crippen LogP contribution < -0.4 is 11.1 Å². The van der Waals surface area contributed by atoms with Crippen LogP contribution in [0.25, 0.3) is 0 Å². The van der Waals surface area contributed by atoms with Gasteiger partial charge in [0.1, 0.15) is 0 Å². The first-order valence-electron chi connectivity index (χ1n) is 7.33. The van der Waals surface area contributed by atoms with Crippen LogP contribution in [-0.2, 0) is 0 Å². The Morgan fingerprint density at radius 2 is 1.86 bits per heavy atom. The summed E-state index contributed by atoms with van der Waals surface area (Å²) in [5, 5.41) is 2.98. The molecule has 0 heterocycles. The third-order valence-electron chi connectivity index (χ3n) is 3.64. The third kappa shape index (κ3) is 5.00. The number of nitrogens with two attached hydrogens (primary N) is 1. The summed E-state index contributed by atoms with van der Waals surface area (Å²) in [6, 6.07) is 4.55. The van der Waals surface area contributed by atoms with E-state index in [0.717, 1.165) is 16.6 Å². The molecule has 0 aliphatic carbocycles. The molecule has 0 saturated carbocycles. The van der Waals surface area contributed by atoms with E-state index in [-0.39, 0.29) is 5.91 Å². The van der Waals surface area contributed by atoms with Gasteiger partial charge in [-0.15, -0.1) is 0 Å². The zero-order chi connectivity index (χ0) is 16.2. The Morgan fingerprint density at radius 3 is 2.38 bits per heavy atom. The van der Waals surface area contributed by atoms with Gasteiger partial charge in [0.2, 0.25) is 0 Å². The van der Waals surface area contributed by atoms with E-state index in [0.29, 0.717) is 29.9 Å². The van der Waals surface area contributed by atoms with Crippen LogP contribution in [0.15, 0.2) is 16.6 Å². The summed E-state index contributed by atoms with van der Waals surface area (Å²) in [6.45, 7) is 12.0. The standard InChI is InChI=1S/C16H26BrN3O/c1-10(2)20(11(3)4)7-6-19-16(21)14-8-13(17)9-15(18)12(14)5/h8-11H,6-7,18H2,1-5H3,(H,19,21). The van der Waals surface area contributed by atoms with Gasteiger partial charge in [-0.25, -0.2) is 0 Å². The number of amides is 1. The number of halogens is 1. The van der Waals surface area contributed by atoms with Gasteiger partial charge in [-0.1, -0.05) is 15.9 Å². The number of nitrogen functional groups attached to an aromatic ring is 1. The number of benzene rings is 1. The van der Waals surface area contributed by atoms with Crippen molar-refractivity contribution < 1.29 is 4.79 Å². The molecule has 21 heavy (non-hydrogen) atoms. The van der Waals surface area contributed by atoms with E-state index in [4.69, 9.17) is 5.73 Å². The van der Waals surface area contributed by atoms with E-state index >= 15 is 0 Å². The van der Waals surface area contributed by atoms with Gasteiger partial charge in [-0.3, -0.25) is 9.69 Å². The summed E-state index contributed by atoms with van der Waals surface area (Å²) < 4.78 is 0.821. The first-order valence-corrected chi connectivity index (χ1v) is 8.13. The molecular formula is C16H26BrN3O. The van der Waals surface area contributed by atoms with Gasteiger partial charge in [-0.2, -0.15) is 0 Å². The molecule has 0 unspecified atom stereocenters. The average molecular weight is 356 g/mol. The number of hydrogen-bond acceptors (Lipinski definition) is 3. The molecule has 0 atom stereocenters. The highest BCUT2D eigenvalue weighted by Crippen LogP contribution is 2.22. The molecule has 4 nitrogen and oxygen atoms in total. The first kappa shape index (κ1) is 18.0. The molecule has 1 aromatic rings. The minimum Gasteiger partial charge on any atom is -0.398 e. The molecule has 0 aliphatic rings. The van der Waals surface area contributed by atoms with Crippen LogP contribution in [0.2, 0.25) is 0 Å². The molecule has 1 amide bonds. The van der Waals surface area contributed by atoms with Crippen LogP contribution >= 0.6 is 15.9 Å². The monoisotopic (exact) mass is 355 g/mol. The van der Waals surface area contributed by atoms with Crippen molar-refractivity contribution in [1.29, 1.82) is 0 Å². The second-order valence-corrected chi connectivity index (χ2v) is 6.76. The van der Waals surface area contributed by atoms with Crippen molar-refractivity contribution in [2.24, 2.45) is 0 Å². The fraction of sp³-hybridized carbons (Fsp3) is 0.562. The minimum absolute atomic E-state index is 0.0760. The Balaban J connectivity index is 2.67. The van der Waals surface area contributed by atoms with Crippen molar-refractivity contribution >= 4 is 27.5 Å². The molecule has 0 bridgehead atoms. The van der Waals surface area contributed by atoms with Gasteiger partial charge >= 0.3 is 0 Å². The summed E-state index contributed by atoms with van der Waals surface area (Å²) in [4.78, 5) is 14.6. The summed E-state index contributed by atoms with van der Waals surface area (Å²) in [7, 11) is 0. The van der Waals surface area contributed by atoms with Gasteiger partial charge in [-0.05, 0) is 52.3 Å². The Kier molecular flexibility index (Phi) is 6.68. The molecule has 5 heteroatoms. The number of nitrogens with zero attached hydrogens (tertiary/aromatic N) is 1. The summed E-state index contributed by atoms with van der Waals surface area (Å²) in [5.74, 6) is -0.0760. The molecule has 0 saturated heterocycles. The predicted molar refractivity (Wildman–Crippen MR) is 92.6 cm³/mol. The highest BCUT2D eigenvalue weighted by molar-refractivity contribution is 9.10. The number of rotatable bonds is 6. The van der Waals surface area contributed by atoms with E-state index < -0.39 is 0 Å². The highest BCUT2D eigenvalue weighted by Gasteiger charge is 2.15. The van der Waals surface area contributed by atoms with Crippen molar-refractivity contribution in [3.05, 3.63) is 27.7 Å². The van der Waals surface area contributed by atoms with Crippen LogP contribution in [0.1, 0.15) is 43.6 Å². The average Bonchev–Trinajstić information content (AvgIpc) is 2.37. The van der Waals surface area contributed by atoms with Gasteiger partial charge in [0, 0.05) is 40.9 Å². The topological polar surface area (TPSA) is 58.4 Å². The van der Waals surface area contributed by atoms with Crippen molar-refractivity contribution in [3.63, 3.8) is 0 Å². The lowest BCUT2D eigenvalue weighted by Gasteiger charge is -2.30. The number of anilines is 1. The largest absolute Gasteiger partial charge is 0.398 e. The fourth-order valence-electron chi connectivity index (χ4n) is 2.44. The Bertz CT molecular complexity index is 493. The van der Waals surface area contributed by atoms with E-state index in [2.05, 4.69) is 53.8 Å². The zero-order valence-electron chi connectivity index (χ0n) is 13.5. The predicted octanol–water partition coefficient (Wildman–Crippen LogP) is 3.19. The lowest BCUT2D eigenvalue weighted by atomic mass is 10.1.